The van der Waals surface area contributed by atoms with Crippen molar-refractivity contribution in [1.82, 2.24) is 0 Å². The summed E-state index contributed by atoms with van der Waals surface area (Å²) >= 11 is 0. The maximum absolute atomic E-state index is 11.3. The van der Waals surface area contributed by atoms with Crippen molar-refractivity contribution in [2.24, 2.45) is 0 Å². The normalized spacial score (nSPS) is 19.7. The Morgan fingerprint density at radius 3 is 2.79 bits per heavy atom. The third-order valence-electron chi connectivity index (χ3n) is 4.13. The molecule has 0 unspecified atom stereocenters. The molecule has 1 N–H and O–H groups in total. The molecule has 1 heterocycles. The summed E-state index contributed by atoms with van der Waals surface area (Å²) in [6, 6.07) is 5.95. The van der Waals surface area contributed by atoms with E-state index in [0.717, 1.165) is 12.2 Å². The lowest BCUT2D eigenvalue weighted by Gasteiger charge is -2.39. The highest BCUT2D eigenvalue weighted by molar-refractivity contribution is 5.93. The smallest absolute Gasteiger partial charge is 0.339 e. The number of aromatic carboxylic acids is 1. The lowest BCUT2D eigenvalue weighted by molar-refractivity contribution is 0.0692. The summed E-state index contributed by atoms with van der Waals surface area (Å²) in [7, 11) is 0. The molecule has 1 saturated carbocycles. The summed E-state index contributed by atoms with van der Waals surface area (Å²) in [5, 5.41) is 9.24. The van der Waals surface area contributed by atoms with E-state index in [1.807, 2.05) is 12.1 Å². The van der Waals surface area contributed by atoms with Crippen molar-refractivity contribution < 1.29 is 14.6 Å². The van der Waals surface area contributed by atoms with Gasteiger partial charge in [-0.3, -0.25) is 0 Å². The predicted molar refractivity (Wildman–Crippen MR) is 73.1 cm³/mol. The molecule has 1 aromatic rings. The molecule has 1 fully saturated rings. The summed E-state index contributed by atoms with van der Waals surface area (Å²) in [5.74, 6) is -0.367. The average molecular weight is 261 g/mol. The van der Waals surface area contributed by atoms with Crippen molar-refractivity contribution in [3.05, 3.63) is 23.8 Å². The second-order valence-corrected chi connectivity index (χ2v) is 5.29. The number of ether oxygens (including phenoxy) is 1. The number of para-hydroxylation sites is 1. The molecule has 2 aliphatic rings. The molecule has 1 aliphatic heterocycles. The van der Waals surface area contributed by atoms with Crippen LogP contribution in [0.3, 0.4) is 0 Å². The average Bonchev–Trinajstić information content (AvgIpc) is 2.46. The number of rotatable bonds is 2. The van der Waals surface area contributed by atoms with Crippen LogP contribution in [-0.4, -0.2) is 30.3 Å². The highest BCUT2D eigenvalue weighted by Crippen LogP contribution is 2.38. The first-order valence-electron chi connectivity index (χ1n) is 7.03. The number of carboxylic acids is 1. The predicted octanol–water partition coefficient (Wildman–Crippen LogP) is 2.92. The topological polar surface area (TPSA) is 49.8 Å². The van der Waals surface area contributed by atoms with Crippen LogP contribution in [0.25, 0.3) is 0 Å². The Bertz CT molecular complexity index is 480. The van der Waals surface area contributed by atoms with Crippen molar-refractivity contribution in [1.29, 1.82) is 0 Å². The summed E-state index contributed by atoms with van der Waals surface area (Å²) in [5.41, 5.74) is 1.23. The lowest BCUT2D eigenvalue weighted by Crippen LogP contribution is -2.42. The molecule has 4 nitrogen and oxygen atoms in total. The largest absolute Gasteiger partial charge is 0.489 e. The first-order chi connectivity index (χ1) is 9.27. The Morgan fingerprint density at radius 1 is 1.26 bits per heavy atom. The molecule has 4 heteroatoms. The van der Waals surface area contributed by atoms with Gasteiger partial charge in [0.1, 0.15) is 12.2 Å². The summed E-state index contributed by atoms with van der Waals surface area (Å²) in [4.78, 5) is 13.6. The Labute approximate surface area is 113 Å². The van der Waals surface area contributed by atoms with Gasteiger partial charge in [0.25, 0.3) is 0 Å². The Morgan fingerprint density at radius 2 is 2.05 bits per heavy atom. The molecule has 0 spiro atoms. The molecule has 0 radical (unpaired) electrons. The van der Waals surface area contributed by atoms with E-state index >= 15 is 0 Å². The third kappa shape index (κ3) is 2.27. The van der Waals surface area contributed by atoms with Gasteiger partial charge in [0.15, 0.2) is 5.75 Å². The van der Waals surface area contributed by atoms with Gasteiger partial charge in [-0.2, -0.15) is 0 Å². The molecular weight excluding hydrogens is 242 g/mol. The van der Waals surface area contributed by atoms with Crippen molar-refractivity contribution in [3.63, 3.8) is 0 Å². The van der Waals surface area contributed by atoms with Crippen molar-refractivity contribution in [3.8, 4) is 5.75 Å². The Kier molecular flexibility index (Phi) is 3.32. The number of nitrogens with zero attached hydrogens (tertiary/aromatic N) is 1. The number of carbonyl (C=O) groups is 1. The van der Waals surface area contributed by atoms with Gasteiger partial charge in [-0.15, -0.1) is 0 Å². The zero-order valence-electron chi connectivity index (χ0n) is 11.0. The maximum atomic E-state index is 11.3. The molecule has 0 amide bonds. The van der Waals surface area contributed by atoms with E-state index in [1.54, 1.807) is 6.07 Å². The Balaban J connectivity index is 1.95. The second-order valence-electron chi connectivity index (χ2n) is 5.29. The summed E-state index contributed by atoms with van der Waals surface area (Å²) < 4.78 is 5.61. The molecule has 0 bridgehead atoms. The van der Waals surface area contributed by atoms with Gasteiger partial charge in [0.05, 0.1) is 12.2 Å². The molecular formula is C15H19NO3. The highest BCUT2D eigenvalue weighted by atomic mass is 16.5. The van der Waals surface area contributed by atoms with E-state index in [9.17, 15) is 9.90 Å². The number of fused-ring (bicyclic) bond motifs is 1. The van der Waals surface area contributed by atoms with Gasteiger partial charge in [-0.25, -0.2) is 4.79 Å². The monoisotopic (exact) mass is 261 g/mol. The molecule has 0 aromatic heterocycles. The van der Waals surface area contributed by atoms with Crippen LogP contribution in [0.2, 0.25) is 0 Å². The van der Waals surface area contributed by atoms with E-state index in [0.29, 0.717) is 18.4 Å². The van der Waals surface area contributed by atoms with Crippen LogP contribution in [0.4, 0.5) is 5.69 Å². The number of hydrogen-bond acceptors (Lipinski definition) is 3. The minimum absolute atomic E-state index is 0.276. The van der Waals surface area contributed by atoms with E-state index in [2.05, 4.69) is 4.90 Å². The van der Waals surface area contributed by atoms with Crippen LogP contribution in [0.15, 0.2) is 18.2 Å². The number of carboxylic acid groups (broad SMARTS) is 1. The molecule has 102 valence electrons. The van der Waals surface area contributed by atoms with Crippen molar-refractivity contribution in [2.75, 3.05) is 18.1 Å². The van der Waals surface area contributed by atoms with Gasteiger partial charge in [-0.05, 0) is 25.0 Å². The quantitative estimate of drug-likeness (QED) is 0.889. The fourth-order valence-corrected chi connectivity index (χ4v) is 3.21. The summed E-state index contributed by atoms with van der Waals surface area (Å²) in [6.07, 6.45) is 6.28. The van der Waals surface area contributed by atoms with Crippen LogP contribution in [0, 0.1) is 0 Å². The minimum atomic E-state index is -0.914. The zero-order chi connectivity index (χ0) is 13.2. The van der Waals surface area contributed by atoms with Gasteiger partial charge in [0, 0.05) is 6.04 Å². The van der Waals surface area contributed by atoms with E-state index in [4.69, 9.17) is 4.74 Å². The fraction of sp³-hybridized carbons (Fsp3) is 0.533. The third-order valence-corrected chi connectivity index (χ3v) is 4.13. The zero-order valence-corrected chi connectivity index (χ0v) is 11.0. The van der Waals surface area contributed by atoms with Gasteiger partial charge in [-0.1, -0.05) is 25.3 Å². The Hall–Kier alpha value is -1.71. The maximum Gasteiger partial charge on any atom is 0.339 e. The fourth-order valence-electron chi connectivity index (χ4n) is 3.21. The van der Waals surface area contributed by atoms with Crippen LogP contribution >= 0.6 is 0 Å². The van der Waals surface area contributed by atoms with Crippen LogP contribution < -0.4 is 9.64 Å². The molecule has 0 saturated heterocycles. The lowest BCUT2D eigenvalue weighted by atomic mass is 9.93. The van der Waals surface area contributed by atoms with Gasteiger partial charge >= 0.3 is 5.97 Å². The van der Waals surface area contributed by atoms with Crippen molar-refractivity contribution in [2.45, 2.75) is 38.1 Å². The van der Waals surface area contributed by atoms with Crippen LogP contribution in [0.1, 0.15) is 42.5 Å². The standard InChI is InChI=1S/C15H19NO3/c17-15(18)12-7-4-8-13-14(12)19-10-9-16(13)11-5-2-1-3-6-11/h4,7-8,11H,1-3,5-6,9-10H2,(H,17,18). The molecule has 1 aliphatic carbocycles. The molecule has 3 rings (SSSR count). The number of benzene rings is 1. The van der Waals surface area contributed by atoms with Gasteiger partial charge in [0.2, 0.25) is 0 Å². The van der Waals surface area contributed by atoms with Crippen molar-refractivity contribution >= 4 is 11.7 Å². The van der Waals surface area contributed by atoms with Crippen LogP contribution in [-0.2, 0) is 0 Å². The second kappa shape index (κ2) is 5.11. The minimum Gasteiger partial charge on any atom is -0.489 e. The number of anilines is 1. The summed E-state index contributed by atoms with van der Waals surface area (Å²) in [6.45, 7) is 1.44. The SMILES string of the molecule is O=C(O)c1cccc2c1OCCN2C1CCCCC1. The van der Waals surface area contributed by atoms with E-state index < -0.39 is 5.97 Å². The number of hydrogen-bond donors (Lipinski definition) is 1. The van der Waals surface area contributed by atoms with Gasteiger partial charge < -0.3 is 14.7 Å². The molecule has 0 atom stereocenters. The first-order valence-corrected chi connectivity index (χ1v) is 7.03. The van der Waals surface area contributed by atoms with Crippen LogP contribution in [0.5, 0.6) is 5.75 Å². The van der Waals surface area contributed by atoms with E-state index in [-0.39, 0.29) is 5.56 Å². The molecule has 19 heavy (non-hydrogen) atoms. The van der Waals surface area contributed by atoms with E-state index in [1.165, 1.54) is 32.1 Å². The first kappa shape index (κ1) is 12.3. The molecule has 1 aromatic carbocycles. The highest BCUT2D eigenvalue weighted by Gasteiger charge is 2.29.